The third-order valence-electron chi connectivity index (χ3n) is 3.00. The molecule has 0 fully saturated rings. The quantitative estimate of drug-likeness (QED) is 0.806. The lowest BCUT2D eigenvalue weighted by Gasteiger charge is -2.15. The Labute approximate surface area is 136 Å². The number of amides is 1. The first kappa shape index (κ1) is 16.8. The van der Waals surface area contributed by atoms with Crippen molar-refractivity contribution < 1.29 is 13.6 Å². The second-order valence-corrected chi connectivity index (χ2v) is 6.10. The number of hydrogen-bond acceptors (Lipinski definition) is 2. The van der Waals surface area contributed by atoms with E-state index in [1.165, 1.54) is 6.07 Å². The van der Waals surface area contributed by atoms with E-state index in [2.05, 4.69) is 5.32 Å². The van der Waals surface area contributed by atoms with Crippen LogP contribution in [0.1, 0.15) is 18.5 Å². The van der Waals surface area contributed by atoms with Crippen LogP contribution >= 0.6 is 23.4 Å². The molecule has 2 rings (SSSR count). The van der Waals surface area contributed by atoms with Crippen molar-refractivity contribution in [1.29, 1.82) is 0 Å². The highest BCUT2D eigenvalue weighted by Crippen LogP contribution is 2.24. The molecule has 2 nitrogen and oxygen atoms in total. The SMILES string of the molecule is CC(NC(=O)CSc1ccc(F)cc1F)c1ccccc1Cl. The summed E-state index contributed by atoms with van der Waals surface area (Å²) in [5.41, 5.74) is 0.815. The number of carbonyl (C=O) groups excluding carboxylic acids is 1. The Hall–Kier alpha value is -1.59. The zero-order chi connectivity index (χ0) is 16.1. The first-order valence-electron chi connectivity index (χ1n) is 6.59. The maximum absolute atomic E-state index is 13.5. The number of hydrogen-bond donors (Lipinski definition) is 1. The normalized spacial score (nSPS) is 12.0. The van der Waals surface area contributed by atoms with Crippen LogP contribution in [0, 0.1) is 11.6 Å². The number of benzene rings is 2. The van der Waals surface area contributed by atoms with Gasteiger partial charge in [-0.25, -0.2) is 8.78 Å². The van der Waals surface area contributed by atoms with E-state index in [1.54, 1.807) is 6.07 Å². The third-order valence-corrected chi connectivity index (χ3v) is 4.39. The number of halogens is 3. The van der Waals surface area contributed by atoms with Crippen LogP contribution in [0.15, 0.2) is 47.4 Å². The van der Waals surface area contributed by atoms with E-state index in [0.717, 1.165) is 29.5 Å². The summed E-state index contributed by atoms with van der Waals surface area (Å²) in [5.74, 6) is -1.52. The van der Waals surface area contributed by atoms with E-state index in [0.29, 0.717) is 5.02 Å². The molecule has 0 radical (unpaired) electrons. The fourth-order valence-corrected chi connectivity index (χ4v) is 2.95. The molecule has 22 heavy (non-hydrogen) atoms. The molecule has 0 saturated heterocycles. The lowest BCUT2D eigenvalue weighted by atomic mass is 10.1. The van der Waals surface area contributed by atoms with Gasteiger partial charge in [-0.1, -0.05) is 29.8 Å². The van der Waals surface area contributed by atoms with Gasteiger partial charge in [0.15, 0.2) is 0 Å². The van der Waals surface area contributed by atoms with Crippen molar-refractivity contribution >= 4 is 29.3 Å². The van der Waals surface area contributed by atoms with Crippen LogP contribution in [0.5, 0.6) is 0 Å². The van der Waals surface area contributed by atoms with Crippen LogP contribution in [0.25, 0.3) is 0 Å². The molecule has 0 spiro atoms. The van der Waals surface area contributed by atoms with Gasteiger partial charge >= 0.3 is 0 Å². The van der Waals surface area contributed by atoms with Crippen molar-refractivity contribution in [2.24, 2.45) is 0 Å². The molecule has 1 amide bonds. The van der Waals surface area contributed by atoms with Gasteiger partial charge < -0.3 is 5.32 Å². The minimum Gasteiger partial charge on any atom is -0.349 e. The average Bonchev–Trinajstić information content (AvgIpc) is 2.46. The first-order chi connectivity index (χ1) is 10.5. The third kappa shape index (κ3) is 4.45. The van der Waals surface area contributed by atoms with Gasteiger partial charge in [0.05, 0.1) is 11.8 Å². The molecule has 116 valence electrons. The molecule has 0 saturated carbocycles. The molecule has 0 bridgehead atoms. The first-order valence-corrected chi connectivity index (χ1v) is 7.95. The second-order valence-electron chi connectivity index (χ2n) is 4.67. The van der Waals surface area contributed by atoms with Gasteiger partial charge in [0.1, 0.15) is 11.6 Å². The molecular weight excluding hydrogens is 328 g/mol. The molecule has 0 aliphatic heterocycles. The summed E-state index contributed by atoms with van der Waals surface area (Å²) in [5, 5.41) is 3.37. The summed E-state index contributed by atoms with van der Waals surface area (Å²) in [6, 6.07) is 10.3. The van der Waals surface area contributed by atoms with Gasteiger partial charge in [-0.15, -0.1) is 11.8 Å². The molecule has 2 aromatic carbocycles. The molecule has 1 unspecified atom stereocenters. The largest absolute Gasteiger partial charge is 0.349 e. The summed E-state index contributed by atoms with van der Waals surface area (Å²) in [7, 11) is 0. The summed E-state index contributed by atoms with van der Waals surface area (Å²) in [6.07, 6.45) is 0. The molecule has 6 heteroatoms. The summed E-state index contributed by atoms with van der Waals surface area (Å²) < 4.78 is 26.3. The Kier molecular flexibility index (Phi) is 5.80. The molecular formula is C16H14ClF2NOS. The fourth-order valence-electron chi connectivity index (χ4n) is 1.92. The number of carbonyl (C=O) groups is 1. The summed E-state index contributed by atoms with van der Waals surface area (Å²) >= 11 is 7.09. The zero-order valence-electron chi connectivity index (χ0n) is 11.8. The van der Waals surface area contributed by atoms with Gasteiger partial charge in [0, 0.05) is 16.0 Å². The summed E-state index contributed by atoms with van der Waals surface area (Å²) in [6.45, 7) is 1.82. The minimum absolute atomic E-state index is 0.0390. The molecule has 0 aliphatic rings. The molecule has 2 aromatic rings. The van der Waals surface area contributed by atoms with E-state index in [4.69, 9.17) is 11.6 Å². The Bertz CT molecular complexity index is 681. The van der Waals surface area contributed by atoms with Crippen LogP contribution in [-0.4, -0.2) is 11.7 Å². The number of nitrogens with one attached hydrogen (secondary N) is 1. The van der Waals surface area contributed by atoms with Crippen LogP contribution in [0.3, 0.4) is 0 Å². The highest BCUT2D eigenvalue weighted by atomic mass is 35.5. The summed E-state index contributed by atoms with van der Waals surface area (Å²) in [4.78, 5) is 12.2. The zero-order valence-corrected chi connectivity index (χ0v) is 13.3. The van der Waals surface area contributed by atoms with Crippen molar-refractivity contribution in [3.8, 4) is 0 Å². The topological polar surface area (TPSA) is 29.1 Å². The van der Waals surface area contributed by atoms with Gasteiger partial charge in [0.25, 0.3) is 0 Å². The van der Waals surface area contributed by atoms with Gasteiger partial charge in [-0.05, 0) is 30.7 Å². The van der Waals surface area contributed by atoms with Crippen molar-refractivity contribution in [2.45, 2.75) is 17.9 Å². The monoisotopic (exact) mass is 341 g/mol. The predicted octanol–water partition coefficient (Wildman–Crippen LogP) is 4.59. The van der Waals surface area contributed by atoms with Gasteiger partial charge in [-0.3, -0.25) is 4.79 Å². The Balaban J connectivity index is 1.92. The highest BCUT2D eigenvalue weighted by molar-refractivity contribution is 8.00. The highest BCUT2D eigenvalue weighted by Gasteiger charge is 2.13. The van der Waals surface area contributed by atoms with Gasteiger partial charge in [-0.2, -0.15) is 0 Å². The van der Waals surface area contributed by atoms with Crippen molar-refractivity contribution in [3.05, 3.63) is 64.7 Å². The fraction of sp³-hybridized carbons (Fsp3) is 0.188. The Morgan fingerprint density at radius 3 is 2.68 bits per heavy atom. The van der Waals surface area contributed by atoms with Crippen molar-refractivity contribution in [3.63, 3.8) is 0 Å². The van der Waals surface area contributed by atoms with E-state index in [-0.39, 0.29) is 22.6 Å². The van der Waals surface area contributed by atoms with Crippen molar-refractivity contribution in [2.75, 3.05) is 5.75 Å². The Morgan fingerprint density at radius 2 is 2.00 bits per heavy atom. The molecule has 0 aromatic heterocycles. The van der Waals surface area contributed by atoms with Crippen LogP contribution < -0.4 is 5.32 Å². The Morgan fingerprint density at radius 1 is 1.27 bits per heavy atom. The maximum atomic E-state index is 13.5. The van der Waals surface area contributed by atoms with Crippen LogP contribution in [-0.2, 0) is 4.79 Å². The molecule has 1 atom stereocenters. The van der Waals surface area contributed by atoms with Crippen molar-refractivity contribution in [1.82, 2.24) is 5.32 Å². The standard InChI is InChI=1S/C16H14ClF2NOS/c1-10(12-4-2-3-5-13(12)17)20-16(21)9-22-15-7-6-11(18)8-14(15)19/h2-8,10H,9H2,1H3,(H,20,21). The average molecular weight is 342 g/mol. The van der Waals surface area contributed by atoms with E-state index in [1.807, 2.05) is 25.1 Å². The van der Waals surface area contributed by atoms with E-state index < -0.39 is 11.6 Å². The van der Waals surface area contributed by atoms with Crippen LogP contribution in [0.2, 0.25) is 5.02 Å². The number of rotatable bonds is 5. The maximum Gasteiger partial charge on any atom is 0.230 e. The molecule has 0 aliphatic carbocycles. The van der Waals surface area contributed by atoms with Gasteiger partial charge in [0.2, 0.25) is 5.91 Å². The second kappa shape index (κ2) is 7.61. The molecule has 1 N–H and O–H groups in total. The van der Waals surface area contributed by atoms with E-state index >= 15 is 0 Å². The smallest absolute Gasteiger partial charge is 0.230 e. The van der Waals surface area contributed by atoms with E-state index in [9.17, 15) is 13.6 Å². The molecule has 0 heterocycles. The van der Waals surface area contributed by atoms with Crippen LogP contribution in [0.4, 0.5) is 8.78 Å². The predicted molar refractivity (Wildman–Crippen MR) is 85.1 cm³/mol. The lowest BCUT2D eigenvalue weighted by molar-refractivity contribution is -0.119. The number of thioether (sulfide) groups is 1. The minimum atomic E-state index is -0.669. The lowest BCUT2D eigenvalue weighted by Crippen LogP contribution is -2.28.